The van der Waals surface area contributed by atoms with Crippen molar-refractivity contribution < 1.29 is 19.4 Å². The average molecular weight is 680 g/mol. The van der Waals surface area contributed by atoms with Gasteiger partial charge in [-0.1, -0.05) is 44.5 Å². The van der Waals surface area contributed by atoms with Crippen LogP contribution in [0.3, 0.4) is 0 Å². The Morgan fingerprint density at radius 3 is 2.49 bits per heavy atom. The fourth-order valence-electron chi connectivity index (χ4n) is 5.11. The summed E-state index contributed by atoms with van der Waals surface area (Å²) in [4.78, 5) is 30.8. The normalized spacial score (nSPS) is 14.9. The minimum Gasteiger partial charge on any atom is -0.488 e. The number of aromatic carboxylic acids is 1. The number of benzene rings is 3. The Bertz CT molecular complexity index is 1670. The highest BCUT2D eigenvalue weighted by Crippen LogP contribution is 2.45. The minimum atomic E-state index is -0.960. The number of nitrogens with zero attached hydrogens (tertiary/aromatic N) is 1. The van der Waals surface area contributed by atoms with Crippen molar-refractivity contribution in [2.24, 2.45) is 16.3 Å². The molecule has 0 aliphatic heterocycles. The molecule has 0 saturated carbocycles. The number of hydrogen-bond acceptors (Lipinski definition) is 5. The van der Waals surface area contributed by atoms with E-state index in [2.05, 4.69) is 42.0 Å². The van der Waals surface area contributed by atoms with Crippen molar-refractivity contribution in [3.05, 3.63) is 109 Å². The quantitative estimate of drug-likeness (QED) is 0.182. The van der Waals surface area contributed by atoms with Gasteiger partial charge in [0.1, 0.15) is 17.4 Å². The van der Waals surface area contributed by atoms with Gasteiger partial charge in [0.2, 0.25) is 0 Å². The molecule has 0 unspecified atom stereocenters. The molecule has 43 heavy (non-hydrogen) atoms. The van der Waals surface area contributed by atoms with Gasteiger partial charge in [0.15, 0.2) is 0 Å². The van der Waals surface area contributed by atoms with Gasteiger partial charge in [0.25, 0.3) is 5.91 Å². The molecular weight excluding hydrogens is 648 g/mol. The molecule has 1 aliphatic rings. The minimum absolute atomic E-state index is 0.164. The number of nitrogens with one attached hydrogen (secondary N) is 1. The number of halogens is 2. The number of fused-ring (bicyclic) bond motifs is 1. The third-order valence-corrected chi connectivity index (χ3v) is 9.72. The van der Waals surface area contributed by atoms with Crippen LogP contribution in [-0.2, 0) is 19.4 Å². The number of anilines is 1. The molecule has 4 aromatic rings. The van der Waals surface area contributed by atoms with Crippen molar-refractivity contribution in [1.29, 1.82) is 0 Å². The molecule has 1 amide bonds. The van der Waals surface area contributed by atoms with E-state index in [4.69, 9.17) is 26.4 Å². The van der Waals surface area contributed by atoms with E-state index in [-0.39, 0.29) is 16.9 Å². The lowest BCUT2D eigenvalue weighted by molar-refractivity contribution is 0.0696. The fraction of sp³-hybridized carbons (Fsp3) is 0.265. The highest BCUT2D eigenvalue weighted by atomic mass is 79.9. The average Bonchev–Trinajstić information content (AvgIpc) is 3.34. The maximum Gasteiger partial charge on any atom is 0.335 e. The first-order valence-corrected chi connectivity index (χ1v) is 16.0. The SMILES string of the molecule is CC(C)(C)[C@@H]1CCc2c(sc(N=Cc3ccc(OCc4ccc(C(=O)O)cc4)c(Br)c3)c2C(=O)Nc2ccc(Cl)cc2)C1. The monoisotopic (exact) mass is 678 g/mol. The second-order valence-corrected chi connectivity index (χ2v) is 14.1. The Kier molecular flexibility index (Phi) is 9.39. The highest BCUT2D eigenvalue weighted by Gasteiger charge is 2.33. The van der Waals surface area contributed by atoms with Crippen LogP contribution in [0.4, 0.5) is 10.7 Å². The number of carbonyl (C=O) groups excluding carboxylic acids is 1. The van der Waals surface area contributed by atoms with E-state index < -0.39 is 5.97 Å². The van der Waals surface area contributed by atoms with Gasteiger partial charge < -0.3 is 15.2 Å². The summed E-state index contributed by atoms with van der Waals surface area (Å²) in [5.41, 5.74) is 4.58. The summed E-state index contributed by atoms with van der Waals surface area (Å²) in [6.07, 6.45) is 4.60. The van der Waals surface area contributed by atoms with Crippen LogP contribution in [0.15, 0.2) is 76.2 Å². The van der Waals surface area contributed by atoms with Crippen molar-refractivity contribution in [1.82, 2.24) is 0 Å². The molecule has 6 nitrogen and oxygen atoms in total. The zero-order chi connectivity index (χ0) is 30.7. The first-order chi connectivity index (χ1) is 20.5. The summed E-state index contributed by atoms with van der Waals surface area (Å²) in [6, 6.07) is 19.4. The van der Waals surface area contributed by atoms with Crippen molar-refractivity contribution in [2.45, 2.75) is 46.6 Å². The number of thiophene rings is 1. The standard InChI is InChI=1S/C34H32BrClN2O4S/c1-34(2,3)23-9-14-26-29(17-23)43-32(30(26)31(39)38-25-12-10-24(36)11-13-25)37-18-21-6-15-28(27(35)16-21)42-19-20-4-7-22(8-5-20)33(40)41/h4-8,10-13,15-16,18,23H,9,14,17,19H2,1-3H3,(H,38,39)(H,40,41)/t23-/m1/s1. The molecule has 1 atom stereocenters. The van der Waals surface area contributed by atoms with Crippen LogP contribution >= 0.6 is 38.9 Å². The van der Waals surface area contributed by atoms with Gasteiger partial charge in [-0.2, -0.15) is 0 Å². The molecular formula is C34H32BrClN2O4S. The van der Waals surface area contributed by atoms with Crippen LogP contribution < -0.4 is 10.1 Å². The lowest BCUT2D eigenvalue weighted by Crippen LogP contribution is -2.27. The number of rotatable bonds is 8. The Morgan fingerprint density at radius 1 is 1.12 bits per heavy atom. The molecule has 0 radical (unpaired) electrons. The predicted octanol–water partition coefficient (Wildman–Crippen LogP) is 9.60. The lowest BCUT2D eigenvalue weighted by atomic mass is 9.72. The molecule has 1 heterocycles. The third kappa shape index (κ3) is 7.55. The summed E-state index contributed by atoms with van der Waals surface area (Å²) in [7, 11) is 0. The van der Waals surface area contributed by atoms with E-state index in [1.165, 1.54) is 4.88 Å². The van der Waals surface area contributed by atoms with Gasteiger partial charge in [-0.25, -0.2) is 9.79 Å². The number of ether oxygens (including phenoxy) is 1. The topological polar surface area (TPSA) is 88.0 Å². The largest absolute Gasteiger partial charge is 0.488 e. The number of amides is 1. The maximum atomic E-state index is 13.6. The van der Waals surface area contributed by atoms with Gasteiger partial charge in [0, 0.05) is 21.8 Å². The number of aliphatic imine (C=N–C) groups is 1. The highest BCUT2D eigenvalue weighted by molar-refractivity contribution is 9.10. The first-order valence-electron chi connectivity index (χ1n) is 14.0. The lowest BCUT2D eigenvalue weighted by Gasteiger charge is -2.33. The second kappa shape index (κ2) is 13.0. The molecule has 0 saturated heterocycles. The summed E-state index contributed by atoms with van der Waals surface area (Å²) in [5.74, 6) is 0.0738. The molecule has 0 spiro atoms. The van der Waals surface area contributed by atoms with E-state index in [0.29, 0.717) is 39.5 Å². The number of carbonyl (C=O) groups is 2. The van der Waals surface area contributed by atoms with Crippen molar-refractivity contribution in [3.63, 3.8) is 0 Å². The van der Waals surface area contributed by atoms with Crippen molar-refractivity contribution in [3.8, 4) is 5.75 Å². The molecule has 0 bridgehead atoms. The van der Waals surface area contributed by atoms with E-state index in [1.807, 2.05) is 18.2 Å². The summed E-state index contributed by atoms with van der Waals surface area (Å²) < 4.78 is 6.71. The molecule has 1 aliphatic carbocycles. The van der Waals surface area contributed by atoms with Crippen LogP contribution in [0.25, 0.3) is 0 Å². The van der Waals surface area contributed by atoms with Gasteiger partial charge in [-0.05, 0) is 118 Å². The third-order valence-electron chi connectivity index (χ3n) is 7.68. The van der Waals surface area contributed by atoms with E-state index in [9.17, 15) is 9.59 Å². The predicted molar refractivity (Wildman–Crippen MR) is 178 cm³/mol. The van der Waals surface area contributed by atoms with Crippen LogP contribution in [-0.4, -0.2) is 23.2 Å². The number of hydrogen-bond donors (Lipinski definition) is 2. The van der Waals surface area contributed by atoms with Crippen LogP contribution in [0.5, 0.6) is 5.75 Å². The zero-order valence-corrected chi connectivity index (χ0v) is 27.3. The molecule has 1 aromatic heterocycles. The Balaban J connectivity index is 1.36. The fourth-order valence-corrected chi connectivity index (χ4v) is 7.02. The van der Waals surface area contributed by atoms with Crippen LogP contribution in [0.1, 0.15) is 69.5 Å². The molecule has 2 N–H and O–H groups in total. The van der Waals surface area contributed by atoms with Crippen molar-refractivity contribution in [2.75, 3.05) is 5.32 Å². The van der Waals surface area contributed by atoms with Crippen LogP contribution in [0.2, 0.25) is 5.02 Å². The van der Waals surface area contributed by atoms with E-state index in [0.717, 1.165) is 40.4 Å². The Hall–Kier alpha value is -3.46. The van der Waals surface area contributed by atoms with Crippen molar-refractivity contribution >= 4 is 67.6 Å². The zero-order valence-electron chi connectivity index (χ0n) is 24.1. The maximum absolute atomic E-state index is 13.6. The molecule has 5 rings (SSSR count). The van der Waals surface area contributed by atoms with Gasteiger partial charge in [-0.3, -0.25) is 4.79 Å². The molecule has 222 valence electrons. The van der Waals surface area contributed by atoms with Gasteiger partial charge >= 0.3 is 5.97 Å². The summed E-state index contributed by atoms with van der Waals surface area (Å²) in [6.45, 7) is 7.14. The van der Waals surface area contributed by atoms with E-state index in [1.54, 1.807) is 66.1 Å². The Labute approximate surface area is 268 Å². The second-order valence-electron chi connectivity index (χ2n) is 11.7. The summed E-state index contributed by atoms with van der Waals surface area (Å²) >= 11 is 11.2. The molecule has 0 fully saturated rings. The smallest absolute Gasteiger partial charge is 0.335 e. The van der Waals surface area contributed by atoms with Crippen LogP contribution in [0, 0.1) is 11.3 Å². The Morgan fingerprint density at radius 2 is 1.84 bits per heavy atom. The van der Waals surface area contributed by atoms with E-state index >= 15 is 0 Å². The molecule has 9 heteroatoms. The van der Waals surface area contributed by atoms with Gasteiger partial charge in [-0.15, -0.1) is 11.3 Å². The number of carboxylic acid groups (broad SMARTS) is 1. The summed E-state index contributed by atoms with van der Waals surface area (Å²) in [5, 5.41) is 13.4. The number of carboxylic acids is 1. The molecule has 3 aromatic carbocycles. The van der Waals surface area contributed by atoms with Gasteiger partial charge in [0.05, 0.1) is 15.6 Å². The first kappa shape index (κ1) is 31.0.